The molecule has 2 aromatic rings. The zero-order valence-electron chi connectivity index (χ0n) is 12.0. The van der Waals surface area contributed by atoms with Crippen molar-refractivity contribution in [3.63, 3.8) is 0 Å². The number of halogens is 2. The number of likely N-dealkylation sites (N-methyl/N-ethyl adjacent to an activating group) is 1. The van der Waals surface area contributed by atoms with Gasteiger partial charge in [0.15, 0.2) is 0 Å². The fraction of sp³-hybridized carbons (Fsp3) is 0.312. The molecule has 1 aromatic carbocycles. The number of hydrogen-bond donors (Lipinski definition) is 1. The number of benzene rings is 1. The second-order valence-corrected chi connectivity index (χ2v) is 4.79. The molecular formula is C16H18F2N2O. The predicted octanol–water partition coefficient (Wildman–Crippen LogP) is 3.49. The average molecular weight is 292 g/mol. The highest BCUT2D eigenvalue weighted by molar-refractivity contribution is 5.36. The Morgan fingerprint density at radius 3 is 2.57 bits per heavy atom. The largest absolute Gasteiger partial charge is 0.434 e. The van der Waals surface area contributed by atoms with E-state index in [1.54, 1.807) is 37.5 Å². The summed E-state index contributed by atoms with van der Waals surface area (Å²) < 4.78 is 29.6. The van der Waals surface area contributed by atoms with Crippen LogP contribution in [0.2, 0.25) is 0 Å². The first-order valence-corrected chi connectivity index (χ1v) is 6.72. The van der Waals surface area contributed by atoms with Gasteiger partial charge in [0.2, 0.25) is 0 Å². The first kappa shape index (κ1) is 15.4. The van der Waals surface area contributed by atoms with Crippen molar-refractivity contribution in [3.8, 4) is 5.75 Å². The third-order valence-electron chi connectivity index (χ3n) is 3.24. The van der Waals surface area contributed by atoms with E-state index in [1.807, 2.05) is 19.1 Å². The fourth-order valence-corrected chi connectivity index (χ4v) is 2.17. The van der Waals surface area contributed by atoms with Gasteiger partial charge in [-0.15, -0.1) is 0 Å². The minimum absolute atomic E-state index is 0.143. The number of ether oxygens (including phenoxy) is 1. The van der Waals surface area contributed by atoms with E-state index in [2.05, 4.69) is 15.0 Å². The highest BCUT2D eigenvalue weighted by atomic mass is 19.3. The Balaban J connectivity index is 2.22. The summed E-state index contributed by atoms with van der Waals surface area (Å²) in [4.78, 5) is 4.35. The maximum atomic E-state index is 12.5. The molecule has 2 rings (SSSR count). The van der Waals surface area contributed by atoms with E-state index in [1.165, 1.54) is 0 Å². The second kappa shape index (κ2) is 7.13. The minimum atomic E-state index is -2.83. The van der Waals surface area contributed by atoms with Crippen LogP contribution < -0.4 is 10.1 Å². The summed E-state index contributed by atoms with van der Waals surface area (Å²) in [6.07, 6.45) is 2.39. The van der Waals surface area contributed by atoms with Gasteiger partial charge < -0.3 is 10.1 Å². The molecular weight excluding hydrogens is 274 g/mol. The van der Waals surface area contributed by atoms with E-state index in [9.17, 15) is 8.78 Å². The van der Waals surface area contributed by atoms with Crippen molar-refractivity contribution in [3.05, 3.63) is 59.4 Å². The normalized spacial score (nSPS) is 12.4. The lowest BCUT2D eigenvalue weighted by atomic mass is 10.0. The average Bonchev–Trinajstić information content (AvgIpc) is 2.47. The number of nitrogens with one attached hydrogen (secondary N) is 1. The van der Waals surface area contributed by atoms with Crippen LogP contribution >= 0.6 is 0 Å². The van der Waals surface area contributed by atoms with Gasteiger partial charge in [-0.3, -0.25) is 4.98 Å². The van der Waals surface area contributed by atoms with E-state index in [4.69, 9.17) is 0 Å². The quantitative estimate of drug-likeness (QED) is 0.885. The van der Waals surface area contributed by atoms with Crippen LogP contribution in [0.25, 0.3) is 0 Å². The van der Waals surface area contributed by atoms with E-state index in [0.29, 0.717) is 12.0 Å². The van der Waals surface area contributed by atoms with E-state index in [-0.39, 0.29) is 11.8 Å². The molecule has 0 aliphatic heterocycles. The lowest BCUT2D eigenvalue weighted by molar-refractivity contribution is -0.0507. The Morgan fingerprint density at radius 1 is 1.19 bits per heavy atom. The number of alkyl halides is 2. The molecule has 0 radical (unpaired) electrons. The van der Waals surface area contributed by atoms with Gasteiger partial charge in [0.25, 0.3) is 0 Å². The van der Waals surface area contributed by atoms with E-state index < -0.39 is 6.61 Å². The van der Waals surface area contributed by atoms with E-state index >= 15 is 0 Å². The summed E-state index contributed by atoms with van der Waals surface area (Å²) in [6.45, 7) is -0.862. The van der Waals surface area contributed by atoms with Crippen molar-refractivity contribution >= 4 is 0 Å². The molecule has 0 bridgehead atoms. The van der Waals surface area contributed by atoms with Crippen LogP contribution in [0, 0.1) is 6.92 Å². The predicted molar refractivity (Wildman–Crippen MR) is 77.6 cm³/mol. The molecule has 0 fully saturated rings. The van der Waals surface area contributed by atoms with E-state index in [0.717, 1.165) is 11.3 Å². The Labute approximate surface area is 123 Å². The van der Waals surface area contributed by atoms with Gasteiger partial charge in [-0.2, -0.15) is 8.78 Å². The van der Waals surface area contributed by atoms with Gasteiger partial charge in [-0.25, -0.2) is 0 Å². The van der Waals surface area contributed by atoms with Gasteiger partial charge in [0.1, 0.15) is 5.75 Å². The number of nitrogens with zero attached hydrogens (tertiary/aromatic N) is 1. The van der Waals surface area contributed by atoms with Crippen LogP contribution in [0.4, 0.5) is 8.78 Å². The first-order valence-electron chi connectivity index (χ1n) is 6.72. The van der Waals surface area contributed by atoms with Crippen molar-refractivity contribution in [2.75, 3.05) is 7.05 Å². The van der Waals surface area contributed by atoms with Gasteiger partial charge >= 0.3 is 6.61 Å². The summed E-state index contributed by atoms with van der Waals surface area (Å²) in [6, 6.07) is 10.6. The van der Waals surface area contributed by atoms with Gasteiger partial charge in [0, 0.05) is 29.9 Å². The molecule has 112 valence electrons. The molecule has 0 amide bonds. The minimum Gasteiger partial charge on any atom is -0.434 e. The molecule has 0 saturated carbocycles. The molecule has 1 heterocycles. The molecule has 0 aliphatic rings. The van der Waals surface area contributed by atoms with Crippen molar-refractivity contribution in [1.82, 2.24) is 10.3 Å². The highest BCUT2D eigenvalue weighted by Gasteiger charge is 2.17. The van der Waals surface area contributed by atoms with Crippen LogP contribution in [-0.2, 0) is 6.42 Å². The van der Waals surface area contributed by atoms with Gasteiger partial charge in [-0.05, 0) is 31.7 Å². The van der Waals surface area contributed by atoms with Crippen LogP contribution in [0.5, 0.6) is 5.75 Å². The number of aromatic nitrogens is 1. The zero-order valence-corrected chi connectivity index (χ0v) is 12.0. The summed E-state index contributed by atoms with van der Waals surface area (Å²) in [7, 11) is 1.79. The van der Waals surface area contributed by atoms with Crippen molar-refractivity contribution < 1.29 is 13.5 Å². The monoisotopic (exact) mass is 292 g/mol. The molecule has 0 aliphatic carbocycles. The molecule has 0 spiro atoms. The summed E-state index contributed by atoms with van der Waals surface area (Å²) in [5, 5.41) is 3.13. The summed E-state index contributed by atoms with van der Waals surface area (Å²) in [5.74, 6) is 0.193. The molecule has 5 heteroatoms. The Morgan fingerprint density at radius 2 is 1.95 bits per heavy atom. The van der Waals surface area contributed by atoms with Crippen molar-refractivity contribution in [1.29, 1.82) is 0 Å². The standard InChI is InChI=1S/C16H18F2N2O/c1-11-7-8-12(20-10-11)9-14(19-2)13-5-3-4-6-15(13)21-16(17)18/h3-8,10,14,16,19H,9H2,1-2H3. The van der Waals surface area contributed by atoms with Crippen LogP contribution in [0.15, 0.2) is 42.6 Å². The van der Waals surface area contributed by atoms with Gasteiger partial charge in [-0.1, -0.05) is 24.3 Å². The Hall–Kier alpha value is -2.01. The topological polar surface area (TPSA) is 34.2 Å². The third-order valence-corrected chi connectivity index (χ3v) is 3.24. The molecule has 21 heavy (non-hydrogen) atoms. The third kappa shape index (κ3) is 4.23. The smallest absolute Gasteiger partial charge is 0.387 e. The molecule has 1 unspecified atom stereocenters. The highest BCUT2D eigenvalue weighted by Crippen LogP contribution is 2.28. The maximum Gasteiger partial charge on any atom is 0.387 e. The lowest BCUT2D eigenvalue weighted by Gasteiger charge is -2.19. The molecule has 1 atom stereocenters. The number of hydrogen-bond acceptors (Lipinski definition) is 3. The number of pyridine rings is 1. The Kier molecular flexibility index (Phi) is 5.22. The molecule has 3 nitrogen and oxygen atoms in total. The summed E-state index contributed by atoms with van der Waals surface area (Å²) >= 11 is 0. The second-order valence-electron chi connectivity index (χ2n) is 4.79. The molecule has 1 aromatic heterocycles. The van der Waals surface area contributed by atoms with Crippen molar-refractivity contribution in [2.45, 2.75) is 26.0 Å². The SMILES string of the molecule is CNC(Cc1ccc(C)cn1)c1ccccc1OC(F)F. The first-order chi connectivity index (χ1) is 10.1. The maximum absolute atomic E-state index is 12.5. The molecule has 1 N–H and O–H groups in total. The lowest BCUT2D eigenvalue weighted by Crippen LogP contribution is -2.20. The zero-order chi connectivity index (χ0) is 15.2. The molecule has 0 saturated heterocycles. The van der Waals surface area contributed by atoms with Crippen LogP contribution in [0.3, 0.4) is 0 Å². The number of aryl methyl sites for hydroxylation is 1. The van der Waals surface area contributed by atoms with Crippen LogP contribution in [-0.4, -0.2) is 18.6 Å². The number of para-hydroxylation sites is 1. The summed E-state index contributed by atoms with van der Waals surface area (Å²) in [5.41, 5.74) is 2.68. The van der Waals surface area contributed by atoms with Crippen molar-refractivity contribution in [2.24, 2.45) is 0 Å². The van der Waals surface area contributed by atoms with Crippen LogP contribution in [0.1, 0.15) is 22.9 Å². The Bertz CT molecular complexity index is 573. The van der Waals surface area contributed by atoms with Gasteiger partial charge in [0.05, 0.1) is 0 Å². The fourth-order valence-electron chi connectivity index (χ4n) is 2.17. The number of rotatable bonds is 6.